The molecule has 1 aromatic carbocycles. The third-order valence-electron chi connectivity index (χ3n) is 2.52. The van der Waals surface area contributed by atoms with Crippen molar-refractivity contribution in [2.45, 2.75) is 0 Å². The number of hydrogen-bond acceptors (Lipinski definition) is 5. The Morgan fingerprint density at radius 2 is 1.90 bits per heavy atom. The fourth-order valence-corrected chi connectivity index (χ4v) is 1.54. The van der Waals surface area contributed by atoms with Gasteiger partial charge in [-0.1, -0.05) is 12.1 Å². The molecule has 0 fully saturated rings. The van der Waals surface area contributed by atoms with Crippen LogP contribution in [0.25, 0.3) is 0 Å². The minimum absolute atomic E-state index is 0.102. The number of nitrogens with two attached hydrogens (primary N) is 1. The van der Waals surface area contributed by atoms with Crippen LogP contribution in [0.15, 0.2) is 36.4 Å². The van der Waals surface area contributed by atoms with Crippen molar-refractivity contribution in [2.75, 3.05) is 12.4 Å². The van der Waals surface area contributed by atoms with Crippen molar-refractivity contribution in [3.8, 4) is 5.88 Å². The molecule has 0 aliphatic heterocycles. The molecule has 0 saturated carbocycles. The first-order valence-corrected chi connectivity index (χ1v) is 5.69. The SMILES string of the molecule is COc1ccc(C(=O)Nc2ccccc2C(N)=O)nn1. The number of aromatic nitrogens is 2. The van der Waals surface area contributed by atoms with E-state index in [1.165, 1.54) is 25.3 Å². The number of anilines is 1. The van der Waals surface area contributed by atoms with Crippen LogP contribution in [0.3, 0.4) is 0 Å². The third kappa shape index (κ3) is 2.89. The molecule has 0 bridgehead atoms. The molecular formula is C13H12N4O3. The number of carbonyl (C=O) groups excluding carboxylic acids is 2. The molecule has 3 N–H and O–H groups in total. The lowest BCUT2D eigenvalue weighted by atomic mass is 10.1. The fraction of sp³-hybridized carbons (Fsp3) is 0.0769. The molecule has 0 spiro atoms. The number of para-hydroxylation sites is 1. The average molecular weight is 272 g/mol. The van der Waals surface area contributed by atoms with Gasteiger partial charge in [0.05, 0.1) is 18.4 Å². The van der Waals surface area contributed by atoms with Crippen molar-refractivity contribution in [3.05, 3.63) is 47.7 Å². The van der Waals surface area contributed by atoms with E-state index in [1.54, 1.807) is 18.2 Å². The van der Waals surface area contributed by atoms with Gasteiger partial charge >= 0.3 is 0 Å². The van der Waals surface area contributed by atoms with Crippen molar-refractivity contribution < 1.29 is 14.3 Å². The Kier molecular flexibility index (Phi) is 3.90. The number of rotatable bonds is 4. The van der Waals surface area contributed by atoms with Gasteiger partial charge in [-0.2, -0.15) is 0 Å². The summed E-state index contributed by atoms with van der Waals surface area (Å²) in [6, 6.07) is 9.42. The third-order valence-corrected chi connectivity index (χ3v) is 2.52. The molecule has 2 rings (SSSR count). The highest BCUT2D eigenvalue weighted by atomic mass is 16.5. The average Bonchev–Trinajstić information content (AvgIpc) is 2.47. The lowest BCUT2D eigenvalue weighted by Gasteiger charge is -2.08. The highest BCUT2D eigenvalue weighted by Crippen LogP contribution is 2.15. The van der Waals surface area contributed by atoms with Crippen molar-refractivity contribution in [3.63, 3.8) is 0 Å². The second-order valence-electron chi connectivity index (χ2n) is 3.82. The topological polar surface area (TPSA) is 107 Å². The number of nitrogens with one attached hydrogen (secondary N) is 1. The Balaban J connectivity index is 2.21. The first-order valence-electron chi connectivity index (χ1n) is 5.69. The summed E-state index contributed by atoms with van der Waals surface area (Å²) in [6.07, 6.45) is 0. The van der Waals surface area contributed by atoms with Crippen molar-refractivity contribution in [1.82, 2.24) is 10.2 Å². The van der Waals surface area contributed by atoms with E-state index in [0.29, 0.717) is 11.6 Å². The van der Waals surface area contributed by atoms with Gasteiger partial charge < -0.3 is 15.8 Å². The number of methoxy groups -OCH3 is 1. The predicted molar refractivity (Wildman–Crippen MR) is 71.5 cm³/mol. The maximum atomic E-state index is 12.0. The summed E-state index contributed by atoms with van der Waals surface area (Å²) in [5, 5.41) is 9.97. The lowest BCUT2D eigenvalue weighted by molar-refractivity contribution is 0.100. The fourth-order valence-electron chi connectivity index (χ4n) is 1.54. The second kappa shape index (κ2) is 5.79. The van der Waals surface area contributed by atoms with Crippen LogP contribution in [-0.2, 0) is 0 Å². The molecule has 1 aromatic heterocycles. The summed E-state index contributed by atoms with van der Waals surface area (Å²) in [7, 11) is 1.45. The van der Waals surface area contributed by atoms with Crippen molar-refractivity contribution in [1.29, 1.82) is 0 Å². The summed E-state index contributed by atoms with van der Waals surface area (Å²) in [5.74, 6) is -0.811. The maximum absolute atomic E-state index is 12.0. The number of nitrogens with zero attached hydrogens (tertiary/aromatic N) is 2. The normalized spacial score (nSPS) is 9.85. The largest absolute Gasteiger partial charge is 0.480 e. The Morgan fingerprint density at radius 3 is 2.50 bits per heavy atom. The molecule has 7 nitrogen and oxygen atoms in total. The molecule has 0 saturated heterocycles. The number of amides is 2. The maximum Gasteiger partial charge on any atom is 0.276 e. The van der Waals surface area contributed by atoms with Gasteiger partial charge in [-0.05, 0) is 18.2 Å². The molecule has 7 heteroatoms. The highest BCUT2D eigenvalue weighted by molar-refractivity contribution is 6.07. The predicted octanol–water partition coefficient (Wildman–Crippen LogP) is 0.836. The van der Waals surface area contributed by atoms with Crippen LogP contribution in [0, 0.1) is 0 Å². The summed E-state index contributed by atoms with van der Waals surface area (Å²) in [5.41, 5.74) is 5.88. The Hall–Kier alpha value is -2.96. The monoisotopic (exact) mass is 272 g/mol. The molecule has 0 aliphatic rings. The van der Waals surface area contributed by atoms with Gasteiger partial charge in [-0.3, -0.25) is 9.59 Å². The number of carbonyl (C=O) groups is 2. The van der Waals surface area contributed by atoms with Gasteiger partial charge in [-0.15, -0.1) is 10.2 Å². The van der Waals surface area contributed by atoms with Crippen LogP contribution in [0.5, 0.6) is 5.88 Å². The van der Waals surface area contributed by atoms with Crippen LogP contribution in [-0.4, -0.2) is 29.1 Å². The summed E-state index contributed by atoms with van der Waals surface area (Å²) in [6.45, 7) is 0. The van der Waals surface area contributed by atoms with E-state index in [0.717, 1.165) is 0 Å². The number of hydrogen-bond donors (Lipinski definition) is 2. The van der Waals surface area contributed by atoms with E-state index in [-0.39, 0.29) is 11.3 Å². The van der Waals surface area contributed by atoms with Crippen LogP contribution < -0.4 is 15.8 Å². The van der Waals surface area contributed by atoms with E-state index >= 15 is 0 Å². The molecule has 102 valence electrons. The van der Waals surface area contributed by atoms with Gasteiger partial charge in [-0.25, -0.2) is 0 Å². The molecule has 0 atom stereocenters. The molecule has 2 aromatic rings. The minimum atomic E-state index is -0.623. The van der Waals surface area contributed by atoms with Gasteiger partial charge in [0.15, 0.2) is 5.69 Å². The number of ether oxygens (including phenoxy) is 1. The Labute approximate surface area is 114 Å². The van der Waals surface area contributed by atoms with E-state index in [1.807, 2.05) is 0 Å². The van der Waals surface area contributed by atoms with E-state index in [2.05, 4.69) is 15.5 Å². The Bertz CT molecular complexity index is 640. The van der Waals surface area contributed by atoms with Crippen LogP contribution in [0.1, 0.15) is 20.8 Å². The summed E-state index contributed by atoms with van der Waals surface area (Å²) < 4.78 is 4.85. The second-order valence-corrected chi connectivity index (χ2v) is 3.82. The molecular weight excluding hydrogens is 260 g/mol. The summed E-state index contributed by atoms with van der Waals surface area (Å²) in [4.78, 5) is 23.2. The van der Waals surface area contributed by atoms with Crippen molar-refractivity contribution in [2.24, 2.45) is 5.73 Å². The van der Waals surface area contributed by atoms with E-state index < -0.39 is 11.8 Å². The zero-order valence-corrected chi connectivity index (χ0v) is 10.7. The Morgan fingerprint density at radius 1 is 1.15 bits per heavy atom. The smallest absolute Gasteiger partial charge is 0.276 e. The van der Waals surface area contributed by atoms with Crippen LogP contribution in [0.2, 0.25) is 0 Å². The first kappa shape index (κ1) is 13.5. The standard InChI is InChI=1S/C13H12N4O3/c1-20-11-7-6-10(16-17-11)13(19)15-9-5-3-2-4-8(9)12(14)18/h2-7H,1H3,(H2,14,18)(H,15,19). The molecule has 1 heterocycles. The van der Waals surface area contributed by atoms with Crippen LogP contribution in [0.4, 0.5) is 5.69 Å². The van der Waals surface area contributed by atoms with Crippen LogP contribution >= 0.6 is 0 Å². The molecule has 0 radical (unpaired) electrons. The minimum Gasteiger partial charge on any atom is -0.480 e. The van der Waals surface area contributed by atoms with Gasteiger partial charge in [0.2, 0.25) is 5.88 Å². The summed E-state index contributed by atoms with van der Waals surface area (Å²) >= 11 is 0. The molecule has 2 amide bonds. The quantitative estimate of drug-likeness (QED) is 0.857. The number of benzene rings is 1. The van der Waals surface area contributed by atoms with Gasteiger partial charge in [0, 0.05) is 6.07 Å². The lowest BCUT2D eigenvalue weighted by Crippen LogP contribution is -2.19. The zero-order valence-electron chi connectivity index (χ0n) is 10.7. The van der Waals surface area contributed by atoms with Gasteiger partial charge in [0.25, 0.3) is 11.8 Å². The zero-order chi connectivity index (χ0) is 14.5. The highest BCUT2D eigenvalue weighted by Gasteiger charge is 2.13. The first-order chi connectivity index (χ1) is 9.61. The molecule has 20 heavy (non-hydrogen) atoms. The molecule has 0 unspecified atom stereocenters. The van der Waals surface area contributed by atoms with Gasteiger partial charge in [0.1, 0.15) is 0 Å². The van der Waals surface area contributed by atoms with Crippen molar-refractivity contribution >= 4 is 17.5 Å². The molecule has 0 aliphatic carbocycles. The van der Waals surface area contributed by atoms with E-state index in [4.69, 9.17) is 10.5 Å². The number of primary amides is 1. The van der Waals surface area contributed by atoms with E-state index in [9.17, 15) is 9.59 Å².